The van der Waals surface area contributed by atoms with E-state index in [1.54, 1.807) is 24.3 Å². The Bertz CT molecular complexity index is 597. The van der Waals surface area contributed by atoms with Gasteiger partial charge in [-0.15, -0.1) is 0 Å². The summed E-state index contributed by atoms with van der Waals surface area (Å²) in [5, 5.41) is 7.77. The van der Waals surface area contributed by atoms with E-state index in [2.05, 4.69) is 22.9 Å². The predicted octanol–water partition coefficient (Wildman–Crippen LogP) is 0.990. The van der Waals surface area contributed by atoms with Crippen LogP contribution in [0.15, 0.2) is 24.3 Å². The summed E-state index contributed by atoms with van der Waals surface area (Å²) in [6.45, 7) is 2.49. The normalized spacial score (nSPS) is 13.0. The molecule has 0 atom stereocenters. The van der Waals surface area contributed by atoms with Crippen LogP contribution in [0.3, 0.4) is 0 Å². The molecule has 0 radical (unpaired) electrons. The molecule has 0 unspecified atom stereocenters. The highest BCUT2D eigenvalue weighted by Crippen LogP contribution is 2.18. The lowest BCUT2D eigenvalue weighted by atomic mass is 10.2. The van der Waals surface area contributed by atoms with Gasteiger partial charge in [-0.2, -0.15) is 0 Å². The molecule has 1 aromatic carbocycles. The molecule has 1 saturated carbocycles. The Morgan fingerprint density at radius 2 is 1.72 bits per heavy atom. The lowest BCUT2D eigenvalue weighted by Crippen LogP contribution is -2.42. The Balaban J connectivity index is 1.66. The number of hydrogen-bond acceptors (Lipinski definition) is 4. The van der Waals surface area contributed by atoms with Gasteiger partial charge in [0.2, 0.25) is 11.8 Å². The van der Waals surface area contributed by atoms with Gasteiger partial charge in [-0.1, -0.05) is 13.3 Å². The third-order valence-corrected chi connectivity index (χ3v) is 3.68. The highest BCUT2D eigenvalue weighted by Gasteiger charge is 2.23. The first-order chi connectivity index (χ1) is 12.1. The third-order valence-electron chi connectivity index (χ3n) is 3.68. The van der Waals surface area contributed by atoms with Gasteiger partial charge in [0.1, 0.15) is 5.75 Å². The highest BCUT2D eigenvalue weighted by molar-refractivity contribution is 5.96. The molecule has 0 bridgehead atoms. The maximum atomic E-state index is 12.0. The number of benzene rings is 1. The maximum Gasteiger partial charge on any atom is 0.251 e. The summed E-state index contributed by atoms with van der Waals surface area (Å²) in [5.74, 6) is -0.248. The molecule has 25 heavy (non-hydrogen) atoms. The average Bonchev–Trinajstić information content (AvgIpc) is 3.42. The number of ether oxygens (including phenoxy) is 1. The zero-order valence-electron chi connectivity index (χ0n) is 14.5. The molecular weight excluding hydrogens is 322 g/mol. The topological polar surface area (TPSA) is 96.5 Å². The van der Waals surface area contributed by atoms with Crippen molar-refractivity contribution in [2.75, 3.05) is 19.7 Å². The molecule has 0 heterocycles. The van der Waals surface area contributed by atoms with Crippen LogP contribution >= 0.6 is 0 Å². The second kappa shape index (κ2) is 9.66. The lowest BCUT2D eigenvalue weighted by molar-refractivity contribution is -0.125. The van der Waals surface area contributed by atoms with Crippen molar-refractivity contribution in [3.63, 3.8) is 0 Å². The monoisotopic (exact) mass is 347 g/mol. The van der Waals surface area contributed by atoms with E-state index in [0.29, 0.717) is 17.9 Å². The number of nitrogens with one attached hydrogen (secondary N) is 3. The van der Waals surface area contributed by atoms with Gasteiger partial charge in [-0.05, 0) is 43.5 Å². The van der Waals surface area contributed by atoms with Crippen molar-refractivity contribution in [2.45, 2.75) is 38.6 Å². The number of amides is 3. The van der Waals surface area contributed by atoms with E-state index in [1.165, 1.54) is 0 Å². The molecule has 7 heteroatoms. The summed E-state index contributed by atoms with van der Waals surface area (Å²) in [7, 11) is 0. The van der Waals surface area contributed by atoms with E-state index in [4.69, 9.17) is 4.74 Å². The second-order valence-corrected chi connectivity index (χ2v) is 6.03. The maximum absolute atomic E-state index is 12.0. The van der Waals surface area contributed by atoms with E-state index < -0.39 is 5.91 Å². The van der Waals surface area contributed by atoms with E-state index in [9.17, 15) is 14.4 Å². The smallest absolute Gasteiger partial charge is 0.251 e. The van der Waals surface area contributed by atoms with Crippen molar-refractivity contribution >= 4 is 17.7 Å². The molecule has 0 spiro atoms. The predicted molar refractivity (Wildman–Crippen MR) is 93.4 cm³/mol. The van der Waals surface area contributed by atoms with Gasteiger partial charge < -0.3 is 20.7 Å². The van der Waals surface area contributed by atoms with Gasteiger partial charge in [0, 0.05) is 11.6 Å². The SMILES string of the molecule is CCCCOc1ccc(C(=O)NCC(=O)NCC(=O)NC2CC2)cc1. The molecule has 0 saturated heterocycles. The molecule has 0 aliphatic heterocycles. The summed E-state index contributed by atoms with van der Waals surface area (Å²) >= 11 is 0. The van der Waals surface area contributed by atoms with Crippen molar-refractivity contribution in [3.05, 3.63) is 29.8 Å². The molecule has 1 aliphatic rings. The molecule has 3 amide bonds. The van der Waals surface area contributed by atoms with Crippen LogP contribution in [0, 0.1) is 0 Å². The largest absolute Gasteiger partial charge is 0.494 e. The van der Waals surface area contributed by atoms with Crippen molar-refractivity contribution in [3.8, 4) is 5.75 Å². The molecule has 0 aromatic heterocycles. The summed E-state index contributed by atoms with van der Waals surface area (Å²) in [6.07, 6.45) is 4.04. The molecule has 1 aromatic rings. The fraction of sp³-hybridized carbons (Fsp3) is 0.500. The van der Waals surface area contributed by atoms with Gasteiger partial charge >= 0.3 is 0 Å². The Morgan fingerprint density at radius 1 is 1.04 bits per heavy atom. The van der Waals surface area contributed by atoms with E-state index in [-0.39, 0.29) is 30.9 Å². The van der Waals surface area contributed by atoms with Crippen LogP contribution in [0.4, 0.5) is 0 Å². The number of carbonyl (C=O) groups is 3. The summed E-state index contributed by atoms with van der Waals surface area (Å²) in [5.41, 5.74) is 0.446. The summed E-state index contributed by atoms with van der Waals surface area (Å²) in [4.78, 5) is 35.1. The first kappa shape index (κ1) is 18.8. The minimum Gasteiger partial charge on any atom is -0.494 e. The van der Waals surface area contributed by atoms with Gasteiger partial charge in [0.15, 0.2) is 0 Å². The number of unbranched alkanes of at least 4 members (excludes halogenated alkanes) is 1. The number of carbonyl (C=O) groups excluding carboxylic acids is 3. The Labute approximate surface area is 147 Å². The van der Waals surface area contributed by atoms with Gasteiger partial charge in [0.25, 0.3) is 5.91 Å². The number of hydrogen-bond donors (Lipinski definition) is 3. The van der Waals surface area contributed by atoms with Crippen molar-refractivity contribution in [1.82, 2.24) is 16.0 Å². The molecule has 1 aliphatic carbocycles. The van der Waals surface area contributed by atoms with E-state index >= 15 is 0 Å². The highest BCUT2D eigenvalue weighted by atomic mass is 16.5. The minimum atomic E-state index is -0.404. The molecule has 3 N–H and O–H groups in total. The first-order valence-electron chi connectivity index (χ1n) is 8.65. The third kappa shape index (κ3) is 7.24. The van der Waals surface area contributed by atoms with Crippen LogP contribution < -0.4 is 20.7 Å². The van der Waals surface area contributed by atoms with Gasteiger partial charge in [-0.3, -0.25) is 14.4 Å². The van der Waals surface area contributed by atoms with Crippen LogP contribution in [0.5, 0.6) is 5.75 Å². The van der Waals surface area contributed by atoms with Crippen LogP contribution in [0.25, 0.3) is 0 Å². The van der Waals surface area contributed by atoms with Crippen molar-refractivity contribution in [1.29, 1.82) is 0 Å². The van der Waals surface area contributed by atoms with Crippen LogP contribution in [0.1, 0.15) is 43.0 Å². The lowest BCUT2D eigenvalue weighted by Gasteiger charge is -2.08. The Hall–Kier alpha value is -2.57. The average molecular weight is 347 g/mol. The van der Waals surface area contributed by atoms with Crippen LogP contribution in [-0.2, 0) is 9.59 Å². The Morgan fingerprint density at radius 3 is 2.36 bits per heavy atom. The molecule has 7 nitrogen and oxygen atoms in total. The standard InChI is InChI=1S/C18H25N3O4/c1-2-3-10-25-15-8-4-13(5-9-15)18(24)20-11-16(22)19-12-17(23)21-14-6-7-14/h4-5,8-9,14H,2-3,6-7,10-12H2,1H3,(H,19,22)(H,20,24)(H,21,23). The first-order valence-corrected chi connectivity index (χ1v) is 8.65. The molecule has 2 rings (SSSR count). The fourth-order valence-electron chi connectivity index (χ4n) is 2.05. The van der Waals surface area contributed by atoms with Crippen LogP contribution in [0.2, 0.25) is 0 Å². The zero-order chi connectivity index (χ0) is 18.1. The van der Waals surface area contributed by atoms with E-state index in [0.717, 1.165) is 25.7 Å². The van der Waals surface area contributed by atoms with Crippen LogP contribution in [-0.4, -0.2) is 43.5 Å². The van der Waals surface area contributed by atoms with Crippen molar-refractivity contribution < 1.29 is 19.1 Å². The minimum absolute atomic E-state index is 0.0744. The van der Waals surface area contributed by atoms with Gasteiger partial charge in [0.05, 0.1) is 19.7 Å². The fourth-order valence-corrected chi connectivity index (χ4v) is 2.05. The van der Waals surface area contributed by atoms with Crippen molar-refractivity contribution in [2.24, 2.45) is 0 Å². The summed E-state index contributed by atoms with van der Waals surface area (Å²) in [6, 6.07) is 7.02. The molecular formula is C18H25N3O4. The zero-order valence-corrected chi connectivity index (χ0v) is 14.5. The molecule has 1 fully saturated rings. The number of rotatable bonds is 10. The quantitative estimate of drug-likeness (QED) is 0.550. The van der Waals surface area contributed by atoms with E-state index in [1.807, 2.05) is 0 Å². The Kier molecular flexibility index (Phi) is 7.25. The summed E-state index contributed by atoms with van der Waals surface area (Å²) < 4.78 is 5.53. The van der Waals surface area contributed by atoms with Gasteiger partial charge in [-0.25, -0.2) is 0 Å². The molecule has 136 valence electrons. The second-order valence-electron chi connectivity index (χ2n) is 6.03.